The van der Waals surface area contributed by atoms with Crippen molar-refractivity contribution in [3.63, 3.8) is 0 Å². The summed E-state index contributed by atoms with van der Waals surface area (Å²) in [5.74, 6) is 0. The maximum absolute atomic E-state index is 11.0. The molecule has 0 aromatic carbocycles. The second-order valence-corrected chi connectivity index (χ2v) is 15.0. The van der Waals surface area contributed by atoms with E-state index in [0.717, 1.165) is 0 Å². The molecule has 69 valence electrons. The number of hydrogen-bond donors (Lipinski definition) is 1. The molecule has 0 saturated heterocycles. The van der Waals surface area contributed by atoms with Crippen LogP contribution >= 0.6 is 0 Å². The van der Waals surface area contributed by atoms with Crippen molar-refractivity contribution in [3.8, 4) is 0 Å². The topological polar surface area (TPSA) is 69.2 Å². The molecule has 0 amide bonds. The van der Waals surface area contributed by atoms with E-state index in [-0.39, 0.29) is 4.65 Å². The molecule has 0 aromatic rings. The Morgan fingerprint density at radius 1 is 1.50 bits per heavy atom. The van der Waals surface area contributed by atoms with Gasteiger partial charge in [-0.15, -0.1) is 0 Å². The quantitative estimate of drug-likeness (QED) is 0.345. The van der Waals surface area contributed by atoms with Crippen molar-refractivity contribution in [2.75, 3.05) is 27.2 Å². The molecule has 0 atom stereocenters. The molecule has 0 rings (SSSR count). The minimum atomic E-state index is -2.89. The molecule has 0 aliphatic rings. The summed E-state index contributed by atoms with van der Waals surface area (Å²) in [5, 5.41) is 11.0. The number of hydroxylamine groups is 3. The average Bonchev–Trinajstić information content (AvgIpc) is 1.76. The molecule has 12 heavy (non-hydrogen) atoms. The van der Waals surface area contributed by atoms with Gasteiger partial charge in [0.1, 0.15) is 0 Å². The summed E-state index contributed by atoms with van der Waals surface area (Å²) in [4.78, 5) is 0. The van der Waals surface area contributed by atoms with Crippen LogP contribution in [0.25, 0.3) is 0 Å². The molecule has 0 aliphatic carbocycles. The summed E-state index contributed by atoms with van der Waals surface area (Å²) in [5.41, 5.74) is 0. The molecule has 5 nitrogen and oxygen atoms in total. The van der Waals surface area contributed by atoms with Gasteiger partial charge in [-0.25, -0.2) is 0 Å². The van der Waals surface area contributed by atoms with Gasteiger partial charge in [-0.1, -0.05) is 0 Å². The zero-order valence-corrected chi connectivity index (χ0v) is 14.6. The first-order chi connectivity index (χ1) is 5.21. The van der Waals surface area contributed by atoms with E-state index in [4.69, 9.17) is 0 Å². The number of rotatable bonds is 5. The van der Waals surface area contributed by atoms with Crippen molar-refractivity contribution in [1.82, 2.24) is 4.72 Å². The van der Waals surface area contributed by atoms with Crippen LogP contribution in [-0.2, 0) is 10.9 Å². The molecule has 0 aliphatic heterocycles. The molecule has 1 N–H and O–H groups in total. The molecular weight excluding hydrogens is 435 g/mol. The Morgan fingerprint density at radius 2 is 2.00 bits per heavy atom. The van der Waals surface area contributed by atoms with Gasteiger partial charge in [-0.3, -0.25) is 0 Å². The van der Waals surface area contributed by atoms with Gasteiger partial charge in [-0.2, -0.15) is 0 Å². The molecule has 0 fully saturated rings. The SMILES string of the molecule is C[N+](C)([O-])CCCN[S](=O)(=O)[Rf]. The van der Waals surface area contributed by atoms with E-state index in [0.29, 0.717) is 19.5 Å². The minimum absolute atomic E-state index is 0.366. The van der Waals surface area contributed by atoms with Crippen molar-refractivity contribution >= 4 is 10.9 Å². The fraction of sp³-hybridized carbons (Fsp3) is 1.00. The van der Waals surface area contributed by atoms with Crippen molar-refractivity contribution in [3.05, 3.63) is 5.21 Å². The van der Waals surface area contributed by atoms with Crippen molar-refractivity contribution < 1.29 is 13.1 Å². The van der Waals surface area contributed by atoms with Gasteiger partial charge in [0.15, 0.2) is 0 Å². The Balaban J connectivity index is 3.48. The van der Waals surface area contributed by atoms with Crippen LogP contribution in [0.3, 0.4) is 0 Å². The van der Waals surface area contributed by atoms with Gasteiger partial charge in [0.05, 0.1) is 0 Å². The van der Waals surface area contributed by atoms with E-state index in [9.17, 15) is 13.6 Å². The Morgan fingerprint density at radius 3 is 2.33 bits per heavy atom. The van der Waals surface area contributed by atoms with Crippen LogP contribution in [0.5, 0.6) is 0 Å². The Bertz CT molecular complexity index is 221. The Kier molecular flexibility index (Phi) is 3.15. The van der Waals surface area contributed by atoms with E-state index in [1.54, 1.807) is 14.1 Å². The summed E-state index contributed by atoms with van der Waals surface area (Å²) in [6, 6.07) is 0. The van der Waals surface area contributed by atoms with Crippen LogP contribution in [0.1, 0.15) is 6.42 Å². The molecule has 0 unspecified atom stereocenters. The fourth-order valence-corrected chi connectivity index (χ4v) is 3.10. The number of quaternary nitrogens is 1. The first kappa shape index (κ1) is 10.8. The molecule has 0 aromatic heterocycles. The zero-order chi connectivity index (χ0) is 9.83. The van der Waals surface area contributed by atoms with E-state index in [1.807, 2.05) is 0 Å². The standard InChI is InChI=1S/C5H13N2O3S.Rf/c1-7(2,8)5-3-4-6-11(9)10;/h3-5H2,1-2H3,(H,6,9,10);. The van der Waals surface area contributed by atoms with E-state index >= 15 is 0 Å². The Hall–Kier alpha value is -1.17. The fourth-order valence-electron chi connectivity index (χ4n) is 0.688. The third-order valence-electron chi connectivity index (χ3n) is 1.20. The summed E-state index contributed by atoms with van der Waals surface area (Å²) in [6.07, 6.45) is 0.593. The third kappa shape index (κ3) is 8.83. The summed E-state index contributed by atoms with van der Waals surface area (Å²) < 4.78 is 23.0. The second-order valence-electron chi connectivity index (χ2n) is 3.16. The number of nitrogens with one attached hydrogen (secondary N) is 1. The summed E-state index contributed by atoms with van der Waals surface area (Å²) in [7, 11) is 0.191. The van der Waals surface area contributed by atoms with E-state index < -0.39 is 10.9 Å². The first-order valence-corrected chi connectivity index (χ1v) is 13.1. The van der Waals surface area contributed by atoms with Gasteiger partial charge >= 0.3 is 67.5 Å². The molecule has 0 heterocycles. The predicted molar refractivity (Wildman–Crippen MR) is 41.9 cm³/mol. The average molecular weight is 448 g/mol. The maximum atomic E-state index is 11.0. The van der Waals surface area contributed by atoms with E-state index in [2.05, 4.69) is 4.72 Å². The van der Waals surface area contributed by atoms with Gasteiger partial charge < -0.3 is 0 Å². The van der Waals surface area contributed by atoms with Crippen LogP contribution in [0.4, 0.5) is 0 Å². The molecule has 0 spiro atoms. The van der Waals surface area contributed by atoms with Crippen molar-refractivity contribution in [1.29, 1.82) is 0 Å². The van der Waals surface area contributed by atoms with Gasteiger partial charge in [0.25, 0.3) is 0 Å². The predicted octanol–water partition coefficient (Wildman–Crippen LogP) is -0.666. The monoisotopic (exact) mass is 448 g/mol. The normalized spacial score (nSPS) is 13.4. The van der Waals surface area contributed by atoms with E-state index in [1.165, 1.54) is 0 Å². The molecule has 0 radical (unpaired) electrons. The number of hydrogen-bond acceptors (Lipinski definition) is 3. The van der Waals surface area contributed by atoms with Gasteiger partial charge in [0, 0.05) is 0 Å². The van der Waals surface area contributed by atoms with Crippen LogP contribution < -0.4 is 4.72 Å². The summed E-state index contributed by atoms with van der Waals surface area (Å²) in [6.45, 7) is 0.831. The van der Waals surface area contributed by atoms with Gasteiger partial charge in [0.2, 0.25) is 0 Å². The third-order valence-corrected chi connectivity index (χ3v) is 4.61. The van der Waals surface area contributed by atoms with Crippen molar-refractivity contribution in [2.24, 2.45) is 0 Å². The molecule has 7 heteroatoms. The van der Waals surface area contributed by atoms with Crippen LogP contribution in [-0.4, -0.2) is 40.2 Å². The first-order valence-electron chi connectivity index (χ1n) is 3.57. The van der Waals surface area contributed by atoms with Crippen LogP contribution in [0, 0.1) is 5.21 Å². The molecular formula is C5H13N2O3RfS. The zero-order valence-electron chi connectivity index (χ0n) is 7.41. The van der Waals surface area contributed by atoms with Crippen molar-refractivity contribution in [2.45, 2.75) is 6.42 Å². The van der Waals surface area contributed by atoms with Crippen LogP contribution in [0.15, 0.2) is 0 Å². The van der Waals surface area contributed by atoms with Crippen LogP contribution in [0.2, 0.25) is 0 Å². The molecule has 0 saturated carbocycles. The Labute approximate surface area is 68.3 Å². The number of nitrogens with zero attached hydrogens (tertiary/aromatic N) is 1. The van der Waals surface area contributed by atoms with Gasteiger partial charge in [-0.05, 0) is 0 Å². The second kappa shape index (κ2) is 3.48. The summed E-state index contributed by atoms with van der Waals surface area (Å²) >= 11 is 0. The molecule has 0 bridgehead atoms.